The summed E-state index contributed by atoms with van der Waals surface area (Å²) in [5, 5.41) is 16.6. The van der Waals surface area contributed by atoms with Gasteiger partial charge in [-0.15, -0.1) is 5.10 Å². The SMILES string of the molecule is CCCCC(CC)CN(CC(CC)CCCC)c1nc(-c2ccccc2)c(N=C2C(CCC)=C(C#N)C(=O)n3nc(CC(C)(C)C)nc32)s1. The number of benzene rings is 1. The molecule has 2 atom stereocenters. The number of nitrogens with zero attached hydrogens (tertiary/aromatic N) is 7. The van der Waals surface area contributed by atoms with Crippen LogP contribution in [0.1, 0.15) is 136 Å². The first-order valence-electron chi connectivity index (χ1n) is 18.6. The Labute approximate surface area is 298 Å². The van der Waals surface area contributed by atoms with Gasteiger partial charge in [-0.25, -0.2) is 15.0 Å². The predicted octanol–water partition coefficient (Wildman–Crippen LogP) is 10.6. The van der Waals surface area contributed by atoms with E-state index in [-0.39, 0.29) is 11.0 Å². The second kappa shape index (κ2) is 17.8. The third-order valence-corrected chi connectivity index (χ3v) is 10.3. The van der Waals surface area contributed by atoms with Gasteiger partial charge in [0.1, 0.15) is 28.0 Å². The second-order valence-electron chi connectivity index (χ2n) is 14.7. The molecule has 0 bridgehead atoms. The first-order valence-corrected chi connectivity index (χ1v) is 19.4. The molecule has 1 aliphatic heterocycles. The number of carbonyl (C=O) groups is 1. The first-order chi connectivity index (χ1) is 23.6. The van der Waals surface area contributed by atoms with Crippen LogP contribution < -0.4 is 4.90 Å². The van der Waals surface area contributed by atoms with Gasteiger partial charge in [-0.1, -0.05) is 142 Å². The third kappa shape index (κ3) is 9.75. The van der Waals surface area contributed by atoms with Crippen LogP contribution in [0, 0.1) is 28.6 Å². The first kappa shape index (κ1) is 38.2. The van der Waals surface area contributed by atoms with E-state index in [4.69, 9.17) is 15.0 Å². The van der Waals surface area contributed by atoms with Gasteiger partial charge in [0.05, 0.1) is 0 Å². The van der Waals surface area contributed by atoms with Crippen molar-refractivity contribution in [3.8, 4) is 17.3 Å². The molecule has 0 saturated heterocycles. The molecule has 0 N–H and O–H groups in total. The number of hydrogen-bond donors (Lipinski definition) is 0. The number of hydrogen-bond acceptors (Lipinski definition) is 8. The van der Waals surface area contributed by atoms with E-state index in [0.29, 0.717) is 47.6 Å². The van der Waals surface area contributed by atoms with E-state index in [1.165, 1.54) is 43.2 Å². The topological polar surface area (TPSA) is 100 Å². The van der Waals surface area contributed by atoms with Gasteiger partial charge >= 0.3 is 0 Å². The van der Waals surface area contributed by atoms with E-state index in [0.717, 1.165) is 53.7 Å². The van der Waals surface area contributed by atoms with E-state index in [1.807, 2.05) is 18.2 Å². The molecule has 4 rings (SSSR count). The fraction of sp³-hybridized carbons (Fsp3) is 0.600. The van der Waals surface area contributed by atoms with Crippen molar-refractivity contribution >= 4 is 33.1 Å². The Hall–Kier alpha value is -3.64. The second-order valence-corrected chi connectivity index (χ2v) is 15.7. The average molecular weight is 684 g/mol. The Morgan fingerprint density at radius 2 is 1.57 bits per heavy atom. The van der Waals surface area contributed by atoms with Crippen molar-refractivity contribution < 1.29 is 4.79 Å². The molecule has 2 aromatic heterocycles. The van der Waals surface area contributed by atoms with Crippen LogP contribution >= 0.6 is 11.3 Å². The number of nitriles is 1. The summed E-state index contributed by atoms with van der Waals surface area (Å²) in [6, 6.07) is 12.4. The molecule has 3 heterocycles. The lowest BCUT2D eigenvalue weighted by Crippen LogP contribution is -2.34. The van der Waals surface area contributed by atoms with Gasteiger partial charge in [0.25, 0.3) is 5.91 Å². The highest BCUT2D eigenvalue weighted by atomic mass is 32.1. The monoisotopic (exact) mass is 683 g/mol. The Balaban J connectivity index is 1.93. The van der Waals surface area contributed by atoms with E-state index < -0.39 is 5.91 Å². The highest BCUT2D eigenvalue weighted by Crippen LogP contribution is 2.42. The molecule has 0 spiro atoms. The third-order valence-electron chi connectivity index (χ3n) is 9.33. The summed E-state index contributed by atoms with van der Waals surface area (Å²) in [7, 11) is 0. The number of allylic oxidation sites excluding steroid dienone is 2. The van der Waals surface area contributed by atoms with Gasteiger partial charge in [0, 0.05) is 30.6 Å². The number of aliphatic imine (C=N–C) groups is 1. The zero-order valence-corrected chi connectivity index (χ0v) is 32.0. The molecule has 3 aromatic rings. The zero-order valence-electron chi connectivity index (χ0n) is 31.2. The van der Waals surface area contributed by atoms with E-state index >= 15 is 0 Å². The maximum absolute atomic E-state index is 13.6. The lowest BCUT2D eigenvalue weighted by molar-refractivity contribution is 0.0940. The summed E-state index contributed by atoms with van der Waals surface area (Å²) < 4.78 is 1.30. The van der Waals surface area contributed by atoms with Crippen LogP contribution in [-0.2, 0) is 6.42 Å². The van der Waals surface area contributed by atoms with Crippen LogP contribution in [0.3, 0.4) is 0 Å². The molecule has 1 aliphatic rings. The van der Waals surface area contributed by atoms with Gasteiger partial charge in [0.2, 0.25) is 0 Å². The Kier molecular flexibility index (Phi) is 13.9. The van der Waals surface area contributed by atoms with Crippen LogP contribution in [-0.4, -0.2) is 44.5 Å². The van der Waals surface area contributed by atoms with Crippen molar-refractivity contribution in [2.24, 2.45) is 22.2 Å². The summed E-state index contributed by atoms with van der Waals surface area (Å²) in [5.41, 5.74) is 3.01. The minimum Gasteiger partial charge on any atom is -0.347 e. The van der Waals surface area contributed by atoms with Gasteiger partial charge in [0.15, 0.2) is 16.8 Å². The van der Waals surface area contributed by atoms with Crippen molar-refractivity contribution in [1.29, 1.82) is 5.26 Å². The molecule has 0 fully saturated rings. The Bertz CT molecular complexity index is 1620. The van der Waals surface area contributed by atoms with Crippen LogP contribution in [0.2, 0.25) is 0 Å². The molecular formula is C40H57N7OS. The van der Waals surface area contributed by atoms with Crippen molar-refractivity contribution in [1.82, 2.24) is 19.7 Å². The van der Waals surface area contributed by atoms with Crippen LogP contribution in [0.5, 0.6) is 0 Å². The average Bonchev–Trinajstić information content (AvgIpc) is 3.70. The lowest BCUT2D eigenvalue weighted by Gasteiger charge is -2.30. The molecule has 49 heavy (non-hydrogen) atoms. The maximum atomic E-state index is 13.6. The Morgan fingerprint density at radius 1 is 0.939 bits per heavy atom. The number of anilines is 1. The van der Waals surface area contributed by atoms with Gasteiger partial charge in [-0.3, -0.25) is 4.79 Å². The summed E-state index contributed by atoms with van der Waals surface area (Å²) in [6.45, 7) is 19.5. The summed E-state index contributed by atoms with van der Waals surface area (Å²) >= 11 is 1.61. The molecule has 0 aliphatic carbocycles. The van der Waals surface area contributed by atoms with E-state index in [2.05, 4.69) is 83.6 Å². The highest BCUT2D eigenvalue weighted by Gasteiger charge is 2.35. The zero-order chi connectivity index (χ0) is 35.6. The fourth-order valence-corrected chi connectivity index (χ4v) is 7.48. The van der Waals surface area contributed by atoms with Crippen molar-refractivity contribution in [2.75, 3.05) is 18.0 Å². The molecule has 0 saturated carbocycles. The minimum absolute atomic E-state index is 0.0763. The summed E-state index contributed by atoms with van der Waals surface area (Å²) in [4.78, 5) is 31.7. The standard InChI is InChI=1S/C40H57N7OS/c1-9-14-20-28(12-4)26-46(27-29(13-5)21-15-10-2)39-44-34(30-22-17-16-18-23-30)37(49-39)43-35-31(19-11-3)32(25-41)38(48)47-36(35)42-33(45-47)24-40(6,7)8/h16-18,22-23,28-29H,9-15,19-21,24,26-27H2,1-8H3. The number of carbonyl (C=O) groups excluding carboxylic acids is 1. The number of fused-ring (bicyclic) bond motifs is 1. The smallest absolute Gasteiger partial charge is 0.291 e. The number of thiazole rings is 1. The predicted molar refractivity (Wildman–Crippen MR) is 204 cm³/mol. The summed E-state index contributed by atoms with van der Waals surface area (Å²) in [6.07, 6.45) is 11.5. The minimum atomic E-state index is -0.428. The quantitative estimate of drug-likeness (QED) is 0.132. The van der Waals surface area contributed by atoms with Crippen LogP contribution in [0.4, 0.5) is 10.1 Å². The van der Waals surface area contributed by atoms with Gasteiger partial charge in [-0.2, -0.15) is 9.94 Å². The number of aromatic nitrogens is 4. The molecule has 0 radical (unpaired) electrons. The van der Waals surface area contributed by atoms with E-state index in [9.17, 15) is 10.1 Å². The van der Waals surface area contributed by atoms with Crippen LogP contribution in [0.25, 0.3) is 11.3 Å². The molecule has 264 valence electrons. The largest absolute Gasteiger partial charge is 0.347 e. The Morgan fingerprint density at radius 3 is 2.10 bits per heavy atom. The van der Waals surface area contributed by atoms with E-state index in [1.54, 1.807) is 11.3 Å². The highest BCUT2D eigenvalue weighted by molar-refractivity contribution is 7.19. The van der Waals surface area contributed by atoms with Crippen molar-refractivity contribution in [3.05, 3.63) is 53.1 Å². The normalized spacial score (nSPS) is 15.4. The maximum Gasteiger partial charge on any atom is 0.291 e. The summed E-state index contributed by atoms with van der Waals surface area (Å²) in [5.74, 6) is 1.73. The van der Waals surface area contributed by atoms with Crippen molar-refractivity contribution in [2.45, 2.75) is 126 Å². The van der Waals surface area contributed by atoms with Crippen molar-refractivity contribution in [3.63, 3.8) is 0 Å². The number of unbranched alkanes of at least 4 members (excludes halogenated alkanes) is 2. The molecular weight excluding hydrogens is 627 g/mol. The molecule has 1 aromatic carbocycles. The van der Waals surface area contributed by atoms with Gasteiger partial charge < -0.3 is 4.90 Å². The molecule has 9 heteroatoms. The fourth-order valence-electron chi connectivity index (χ4n) is 6.50. The van der Waals surface area contributed by atoms with Gasteiger partial charge in [-0.05, 0) is 36.5 Å². The molecule has 2 unspecified atom stereocenters. The van der Waals surface area contributed by atoms with Crippen LogP contribution in [0.15, 0.2) is 46.5 Å². The number of rotatable bonds is 18. The molecule has 8 nitrogen and oxygen atoms in total. The molecule has 0 amide bonds. The lowest BCUT2D eigenvalue weighted by atomic mass is 9.92.